The number of pyridine rings is 1. The average molecular weight is 436 g/mol. The molecule has 1 aliphatic heterocycles. The Kier molecular flexibility index (Phi) is 8.06. The van der Waals surface area contributed by atoms with E-state index in [-0.39, 0.29) is 13.0 Å². The highest BCUT2D eigenvalue weighted by molar-refractivity contribution is 6.00. The van der Waals surface area contributed by atoms with Crippen LogP contribution in [0, 0.1) is 25.2 Å². The van der Waals surface area contributed by atoms with Crippen LogP contribution in [0.5, 0.6) is 0 Å². The van der Waals surface area contributed by atoms with Gasteiger partial charge in [0.15, 0.2) is 0 Å². The van der Waals surface area contributed by atoms with E-state index in [0.717, 1.165) is 21.6 Å². The van der Waals surface area contributed by atoms with Gasteiger partial charge in [0.2, 0.25) is 5.91 Å². The number of carbonyl (C=O) groups is 2. The van der Waals surface area contributed by atoms with Gasteiger partial charge in [0.05, 0.1) is 25.3 Å². The number of morpholine rings is 1. The lowest BCUT2D eigenvalue weighted by Crippen LogP contribution is -2.53. The maximum atomic E-state index is 13.6. The number of carbonyl (C=O) groups excluding carboxylic acids is 2. The second-order valence-electron chi connectivity index (χ2n) is 8.06. The van der Waals surface area contributed by atoms with Gasteiger partial charge in [-0.1, -0.05) is 35.4 Å². The second-order valence-corrected chi connectivity index (χ2v) is 8.06. The minimum absolute atomic E-state index is 0.283. The molecule has 3 rings (SSSR count). The smallest absolute Gasteiger partial charge is 0.252 e. The lowest BCUT2D eigenvalue weighted by atomic mass is 10.00. The fourth-order valence-corrected chi connectivity index (χ4v) is 4.09. The van der Waals surface area contributed by atoms with Crippen molar-refractivity contribution in [3.63, 3.8) is 0 Å². The topological polar surface area (TPSA) is 113 Å². The van der Waals surface area contributed by atoms with Crippen LogP contribution in [0.1, 0.15) is 28.3 Å². The summed E-state index contributed by atoms with van der Waals surface area (Å²) in [6.45, 7) is 5.65. The van der Waals surface area contributed by atoms with Crippen molar-refractivity contribution in [3.05, 3.63) is 65.0 Å². The van der Waals surface area contributed by atoms with Gasteiger partial charge in [0, 0.05) is 25.5 Å². The standard InChI is InChI=1S/C24H29N5O3/c1-17-12-18(2)14-19(13-17)15-21(26)23(30)29(7-5-25)24(31)22(20-4-3-6-27-16-20)28-8-10-32-11-9-28/h3-4,6,12-14,16,21-22H,7-11,15,26H2,1-2H3/t21-,22?/m0/s1. The molecule has 168 valence electrons. The quantitative estimate of drug-likeness (QED) is 0.656. The highest BCUT2D eigenvalue weighted by atomic mass is 16.5. The Morgan fingerprint density at radius 2 is 1.91 bits per heavy atom. The fourth-order valence-electron chi connectivity index (χ4n) is 4.09. The number of benzene rings is 1. The molecule has 0 saturated carbocycles. The SMILES string of the molecule is Cc1cc(C)cc(C[C@H](N)C(=O)N(CC#N)C(=O)C(c2cccnc2)N2CCOCC2)c1. The molecule has 2 heterocycles. The Bertz CT molecular complexity index is 963. The summed E-state index contributed by atoms with van der Waals surface area (Å²) < 4.78 is 5.42. The molecule has 2 atom stereocenters. The minimum Gasteiger partial charge on any atom is -0.379 e. The largest absolute Gasteiger partial charge is 0.379 e. The molecule has 1 aromatic carbocycles. The number of ether oxygens (including phenoxy) is 1. The van der Waals surface area contributed by atoms with Gasteiger partial charge in [-0.3, -0.25) is 24.4 Å². The van der Waals surface area contributed by atoms with Crippen LogP contribution in [0.25, 0.3) is 0 Å². The second kappa shape index (κ2) is 11.0. The summed E-state index contributed by atoms with van der Waals surface area (Å²) in [4.78, 5) is 33.9. The first kappa shape index (κ1) is 23.5. The number of amides is 2. The van der Waals surface area contributed by atoms with E-state index in [1.807, 2.05) is 43.0 Å². The Hall–Kier alpha value is -3.12. The van der Waals surface area contributed by atoms with Gasteiger partial charge >= 0.3 is 0 Å². The van der Waals surface area contributed by atoms with Gasteiger partial charge < -0.3 is 10.5 Å². The van der Waals surface area contributed by atoms with Crippen LogP contribution in [-0.4, -0.2) is 65.5 Å². The number of aryl methyl sites for hydroxylation is 2. The van der Waals surface area contributed by atoms with E-state index < -0.39 is 23.9 Å². The number of nitriles is 1. The molecule has 1 saturated heterocycles. The summed E-state index contributed by atoms with van der Waals surface area (Å²) in [6.07, 6.45) is 3.52. The van der Waals surface area contributed by atoms with E-state index in [2.05, 4.69) is 4.98 Å². The molecule has 0 bridgehead atoms. The molecule has 0 radical (unpaired) electrons. The molecule has 1 fully saturated rings. The highest BCUT2D eigenvalue weighted by Gasteiger charge is 2.36. The predicted molar refractivity (Wildman–Crippen MR) is 119 cm³/mol. The van der Waals surface area contributed by atoms with Crippen LogP contribution in [0.4, 0.5) is 0 Å². The first-order chi connectivity index (χ1) is 15.4. The van der Waals surface area contributed by atoms with Crippen molar-refractivity contribution >= 4 is 11.8 Å². The number of hydrogen-bond donors (Lipinski definition) is 1. The maximum Gasteiger partial charge on any atom is 0.252 e. The molecule has 1 aliphatic rings. The van der Waals surface area contributed by atoms with Crippen molar-refractivity contribution in [2.45, 2.75) is 32.4 Å². The molecule has 8 heteroatoms. The minimum atomic E-state index is -0.937. The summed E-state index contributed by atoms with van der Waals surface area (Å²) in [5.41, 5.74) is 9.98. The Morgan fingerprint density at radius 1 is 1.22 bits per heavy atom. The summed E-state index contributed by atoms with van der Waals surface area (Å²) >= 11 is 0. The van der Waals surface area contributed by atoms with Gasteiger partial charge in [0.25, 0.3) is 5.91 Å². The van der Waals surface area contributed by atoms with Crippen LogP contribution in [0.15, 0.2) is 42.7 Å². The fraction of sp³-hybridized carbons (Fsp3) is 0.417. The number of aromatic nitrogens is 1. The van der Waals surface area contributed by atoms with Crippen LogP contribution in [-0.2, 0) is 20.7 Å². The van der Waals surface area contributed by atoms with Crippen LogP contribution in [0.2, 0.25) is 0 Å². The van der Waals surface area contributed by atoms with Crippen LogP contribution < -0.4 is 5.73 Å². The van der Waals surface area contributed by atoms with Crippen molar-refractivity contribution < 1.29 is 14.3 Å². The summed E-state index contributed by atoms with van der Waals surface area (Å²) in [6, 6.07) is 9.81. The lowest BCUT2D eigenvalue weighted by Gasteiger charge is -2.36. The summed E-state index contributed by atoms with van der Waals surface area (Å²) in [5, 5.41) is 9.36. The summed E-state index contributed by atoms with van der Waals surface area (Å²) in [5.74, 6) is -1.03. The van der Waals surface area contributed by atoms with Crippen molar-refractivity contribution in [2.75, 3.05) is 32.8 Å². The Labute approximate surface area is 188 Å². The zero-order valence-corrected chi connectivity index (χ0v) is 18.5. The number of rotatable bonds is 7. The summed E-state index contributed by atoms with van der Waals surface area (Å²) in [7, 11) is 0. The van der Waals surface area contributed by atoms with Crippen molar-refractivity contribution in [1.29, 1.82) is 5.26 Å². The van der Waals surface area contributed by atoms with Gasteiger partial charge in [-0.15, -0.1) is 0 Å². The van der Waals surface area contributed by atoms with Crippen LogP contribution >= 0.6 is 0 Å². The average Bonchev–Trinajstić information content (AvgIpc) is 2.78. The molecule has 32 heavy (non-hydrogen) atoms. The van der Waals surface area contributed by atoms with Crippen LogP contribution in [0.3, 0.4) is 0 Å². The molecule has 1 unspecified atom stereocenters. The van der Waals surface area contributed by atoms with E-state index in [9.17, 15) is 14.9 Å². The van der Waals surface area contributed by atoms with E-state index in [1.165, 1.54) is 0 Å². The highest BCUT2D eigenvalue weighted by Crippen LogP contribution is 2.24. The van der Waals surface area contributed by atoms with Gasteiger partial charge in [-0.05, 0) is 37.5 Å². The third-order valence-electron chi connectivity index (χ3n) is 5.46. The third kappa shape index (κ3) is 5.77. The third-order valence-corrected chi connectivity index (χ3v) is 5.46. The zero-order chi connectivity index (χ0) is 23.1. The van der Waals surface area contributed by atoms with E-state index in [4.69, 9.17) is 10.5 Å². The number of nitrogens with two attached hydrogens (primary N) is 1. The normalized spacial score (nSPS) is 16.1. The first-order valence-corrected chi connectivity index (χ1v) is 10.7. The van der Waals surface area contributed by atoms with E-state index in [1.54, 1.807) is 24.5 Å². The molecular weight excluding hydrogens is 406 g/mol. The maximum absolute atomic E-state index is 13.6. The van der Waals surface area contributed by atoms with E-state index in [0.29, 0.717) is 31.9 Å². The first-order valence-electron chi connectivity index (χ1n) is 10.7. The van der Waals surface area contributed by atoms with Gasteiger partial charge in [0.1, 0.15) is 12.6 Å². The van der Waals surface area contributed by atoms with Crippen molar-refractivity contribution in [1.82, 2.24) is 14.8 Å². The van der Waals surface area contributed by atoms with E-state index >= 15 is 0 Å². The van der Waals surface area contributed by atoms with Gasteiger partial charge in [-0.2, -0.15) is 5.26 Å². The molecule has 2 aromatic rings. The number of hydrogen-bond acceptors (Lipinski definition) is 7. The molecule has 0 aliphatic carbocycles. The zero-order valence-electron chi connectivity index (χ0n) is 18.5. The molecule has 2 N–H and O–H groups in total. The number of imide groups is 1. The Balaban J connectivity index is 1.86. The van der Waals surface area contributed by atoms with Gasteiger partial charge in [-0.25, -0.2) is 0 Å². The predicted octanol–water partition coefficient (Wildman–Crippen LogP) is 1.52. The molecule has 1 aromatic heterocycles. The number of nitrogens with zero attached hydrogens (tertiary/aromatic N) is 4. The molecule has 2 amide bonds. The monoisotopic (exact) mass is 435 g/mol. The van der Waals surface area contributed by atoms with Crippen molar-refractivity contribution in [2.24, 2.45) is 5.73 Å². The molecular formula is C24H29N5O3. The molecule has 0 spiro atoms. The Morgan fingerprint density at radius 3 is 2.50 bits per heavy atom. The lowest BCUT2D eigenvalue weighted by molar-refractivity contribution is -0.149. The van der Waals surface area contributed by atoms with Crippen molar-refractivity contribution in [3.8, 4) is 6.07 Å². The molecule has 8 nitrogen and oxygen atoms in total.